The Hall–Kier alpha value is -2.63. The third-order valence-corrected chi connectivity index (χ3v) is 5.18. The Morgan fingerprint density at radius 2 is 2.07 bits per heavy atom. The van der Waals surface area contributed by atoms with Crippen LogP contribution < -0.4 is 4.74 Å². The second-order valence-electron chi connectivity index (χ2n) is 6.73. The number of methoxy groups -OCH3 is 1. The molecule has 1 heterocycles. The van der Waals surface area contributed by atoms with Crippen LogP contribution in [0.25, 0.3) is 0 Å². The fraction of sp³-hybridized carbons (Fsp3) is 0.476. The number of Topliss-reactive ketones (excluding diaryl/α,β-unsaturated/α-hetero) is 1. The van der Waals surface area contributed by atoms with E-state index in [2.05, 4.69) is 4.99 Å². The van der Waals surface area contributed by atoms with Gasteiger partial charge in [-0.15, -0.1) is 0 Å². The van der Waals surface area contributed by atoms with Crippen LogP contribution in [0.3, 0.4) is 0 Å². The van der Waals surface area contributed by atoms with Crippen LogP contribution >= 0.6 is 0 Å². The summed E-state index contributed by atoms with van der Waals surface area (Å²) in [6.07, 6.45) is 2.55. The van der Waals surface area contributed by atoms with Gasteiger partial charge in [0.25, 0.3) is 0 Å². The molecular weight excluding hydrogens is 346 g/mol. The van der Waals surface area contributed by atoms with Crippen LogP contribution in [0.2, 0.25) is 0 Å². The number of phenolic OH excluding ortho intramolecular Hbond substituents is 1. The lowest BCUT2D eigenvalue weighted by atomic mass is 9.71. The van der Waals surface area contributed by atoms with Gasteiger partial charge >= 0.3 is 5.97 Å². The van der Waals surface area contributed by atoms with Crippen molar-refractivity contribution < 1.29 is 24.2 Å². The van der Waals surface area contributed by atoms with Crippen LogP contribution in [0, 0.1) is 5.92 Å². The summed E-state index contributed by atoms with van der Waals surface area (Å²) in [5.74, 6) is -1.15. The summed E-state index contributed by atoms with van der Waals surface area (Å²) in [5, 5.41) is 9.96. The topological polar surface area (TPSA) is 85.2 Å². The van der Waals surface area contributed by atoms with E-state index in [1.807, 2.05) is 6.92 Å². The number of hydrogen-bond acceptors (Lipinski definition) is 6. The van der Waals surface area contributed by atoms with E-state index in [1.54, 1.807) is 19.1 Å². The number of allylic oxidation sites excluding steroid dienone is 2. The lowest BCUT2D eigenvalue weighted by molar-refractivity contribution is -0.146. The zero-order valence-corrected chi connectivity index (χ0v) is 15.9. The van der Waals surface area contributed by atoms with Gasteiger partial charge in [0.1, 0.15) is 5.92 Å². The molecule has 0 spiro atoms. The Kier molecular flexibility index (Phi) is 5.63. The van der Waals surface area contributed by atoms with Crippen LogP contribution in [-0.2, 0) is 14.3 Å². The van der Waals surface area contributed by atoms with Crippen LogP contribution in [0.1, 0.15) is 51.0 Å². The summed E-state index contributed by atoms with van der Waals surface area (Å²) in [7, 11) is 1.47. The quantitative estimate of drug-likeness (QED) is 0.800. The van der Waals surface area contributed by atoms with E-state index in [-0.39, 0.29) is 24.1 Å². The Morgan fingerprint density at radius 3 is 2.74 bits per heavy atom. The lowest BCUT2D eigenvalue weighted by Crippen LogP contribution is -2.38. The maximum atomic E-state index is 12.8. The number of carbonyl (C=O) groups excluding carboxylic acids is 2. The first-order valence-corrected chi connectivity index (χ1v) is 9.39. The van der Waals surface area contributed by atoms with Crippen molar-refractivity contribution in [2.45, 2.75) is 45.4 Å². The highest BCUT2D eigenvalue weighted by Gasteiger charge is 2.44. The smallest absolute Gasteiger partial charge is 0.315 e. The molecule has 6 nitrogen and oxygen atoms in total. The first-order chi connectivity index (χ1) is 13.0. The normalized spacial score (nSPS) is 22.2. The zero-order chi connectivity index (χ0) is 19.6. The van der Waals surface area contributed by atoms with Crippen molar-refractivity contribution in [2.75, 3.05) is 13.7 Å². The number of nitrogens with zero attached hydrogens (tertiary/aromatic N) is 1. The molecule has 2 aliphatic rings. The van der Waals surface area contributed by atoms with Gasteiger partial charge in [0.05, 0.1) is 13.7 Å². The van der Waals surface area contributed by atoms with Crippen molar-refractivity contribution in [2.24, 2.45) is 10.9 Å². The largest absolute Gasteiger partial charge is 0.504 e. The van der Waals surface area contributed by atoms with Crippen LogP contribution in [-0.4, -0.2) is 36.3 Å². The average Bonchev–Trinajstić information content (AvgIpc) is 2.67. The highest BCUT2D eigenvalue weighted by molar-refractivity contribution is 6.09. The molecule has 0 aromatic heterocycles. The predicted molar refractivity (Wildman–Crippen MR) is 101 cm³/mol. The molecule has 3 rings (SSSR count). The monoisotopic (exact) mass is 371 g/mol. The summed E-state index contributed by atoms with van der Waals surface area (Å²) in [6.45, 7) is 3.98. The van der Waals surface area contributed by atoms with Crippen molar-refractivity contribution in [3.05, 3.63) is 35.0 Å². The number of hydrogen-bond donors (Lipinski definition) is 1. The molecule has 1 N–H and O–H groups in total. The highest BCUT2D eigenvalue weighted by atomic mass is 16.5. The average molecular weight is 371 g/mol. The second-order valence-corrected chi connectivity index (χ2v) is 6.73. The molecule has 1 unspecified atom stereocenters. The molecule has 0 saturated heterocycles. The number of esters is 1. The van der Waals surface area contributed by atoms with Gasteiger partial charge in [0.15, 0.2) is 17.3 Å². The molecule has 0 fully saturated rings. The van der Waals surface area contributed by atoms with E-state index in [4.69, 9.17) is 9.47 Å². The Morgan fingerprint density at radius 1 is 1.30 bits per heavy atom. The van der Waals surface area contributed by atoms with Gasteiger partial charge in [-0.25, -0.2) is 0 Å². The first-order valence-electron chi connectivity index (χ1n) is 9.39. The molecule has 0 saturated carbocycles. The SMILES string of the molecule is CCOC(=O)C1C(CC)=NC2=C(C(=O)CCC2)[C@H]1c1ccc(O)c(OC)c1. The Balaban J connectivity index is 2.20. The number of ether oxygens (including phenoxy) is 2. The van der Waals surface area contributed by atoms with Crippen LogP contribution in [0.5, 0.6) is 11.5 Å². The zero-order valence-electron chi connectivity index (χ0n) is 15.9. The summed E-state index contributed by atoms with van der Waals surface area (Å²) in [4.78, 5) is 30.3. The number of aromatic hydroxyl groups is 1. The number of ketones is 1. The van der Waals surface area contributed by atoms with E-state index in [0.717, 1.165) is 29.8 Å². The van der Waals surface area contributed by atoms with Gasteiger partial charge < -0.3 is 14.6 Å². The van der Waals surface area contributed by atoms with Crippen molar-refractivity contribution >= 4 is 17.5 Å². The first kappa shape index (κ1) is 19.1. The molecule has 27 heavy (non-hydrogen) atoms. The number of aliphatic imine (C=N–C) groups is 1. The Bertz CT molecular complexity index is 824. The minimum Gasteiger partial charge on any atom is -0.504 e. The fourth-order valence-electron chi connectivity index (χ4n) is 3.97. The van der Waals surface area contributed by atoms with Gasteiger partial charge in [-0.05, 0) is 43.9 Å². The molecule has 1 aromatic carbocycles. The summed E-state index contributed by atoms with van der Waals surface area (Å²) in [5.41, 5.74) is 2.86. The number of phenols is 1. The van der Waals surface area contributed by atoms with E-state index >= 15 is 0 Å². The summed E-state index contributed by atoms with van der Waals surface area (Å²) >= 11 is 0. The molecule has 1 aromatic rings. The third-order valence-electron chi connectivity index (χ3n) is 5.18. The minimum absolute atomic E-state index is 0.0123. The molecule has 6 heteroatoms. The standard InChI is InChI=1S/C21H25NO5/c1-4-13-20(21(25)27-5-2)18(12-9-10-15(23)17(11-12)26-3)19-14(22-13)7-6-8-16(19)24/h9-11,18,20,23H,4-8H2,1-3H3/t18-,20?/m1/s1. The van der Waals surface area contributed by atoms with E-state index < -0.39 is 11.8 Å². The molecule has 2 atom stereocenters. The van der Waals surface area contributed by atoms with Gasteiger partial charge in [0.2, 0.25) is 0 Å². The summed E-state index contributed by atoms with van der Waals surface area (Å²) in [6, 6.07) is 4.96. The molecule has 144 valence electrons. The predicted octanol–water partition coefficient (Wildman–Crippen LogP) is 3.54. The van der Waals surface area contributed by atoms with Crippen LogP contribution in [0.15, 0.2) is 34.5 Å². The molecular formula is C21H25NO5. The van der Waals surface area contributed by atoms with Crippen molar-refractivity contribution in [3.63, 3.8) is 0 Å². The maximum Gasteiger partial charge on any atom is 0.315 e. The van der Waals surface area contributed by atoms with E-state index in [0.29, 0.717) is 24.2 Å². The van der Waals surface area contributed by atoms with Crippen molar-refractivity contribution in [1.82, 2.24) is 0 Å². The maximum absolute atomic E-state index is 12.8. The Labute approximate surface area is 158 Å². The second kappa shape index (κ2) is 7.94. The molecule has 1 aliphatic heterocycles. The lowest BCUT2D eigenvalue weighted by Gasteiger charge is -2.35. The van der Waals surface area contributed by atoms with E-state index in [1.165, 1.54) is 13.2 Å². The summed E-state index contributed by atoms with van der Waals surface area (Å²) < 4.78 is 10.6. The number of benzene rings is 1. The fourth-order valence-corrected chi connectivity index (χ4v) is 3.97. The van der Waals surface area contributed by atoms with Gasteiger partial charge in [-0.2, -0.15) is 0 Å². The van der Waals surface area contributed by atoms with Gasteiger partial charge in [0, 0.05) is 29.3 Å². The number of carbonyl (C=O) groups is 2. The van der Waals surface area contributed by atoms with Crippen LogP contribution in [0.4, 0.5) is 0 Å². The van der Waals surface area contributed by atoms with E-state index in [9.17, 15) is 14.7 Å². The minimum atomic E-state index is -0.648. The van der Waals surface area contributed by atoms with Crippen molar-refractivity contribution in [1.29, 1.82) is 0 Å². The third kappa shape index (κ3) is 3.48. The highest BCUT2D eigenvalue weighted by Crippen LogP contribution is 2.45. The molecule has 1 aliphatic carbocycles. The molecule has 0 bridgehead atoms. The van der Waals surface area contributed by atoms with Gasteiger partial charge in [-0.1, -0.05) is 13.0 Å². The molecule has 0 amide bonds. The number of rotatable bonds is 5. The molecule has 0 radical (unpaired) electrons. The van der Waals surface area contributed by atoms with Crippen molar-refractivity contribution in [3.8, 4) is 11.5 Å². The van der Waals surface area contributed by atoms with Gasteiger partial charge in [-0.3, -0.25) is 14.6 Å².